The number of anilines is 1. The summed E-state index contributed by atoms with van der Waals surface area (Å²) in [6.45, 7) is 0.362. The third kappa shape index (κ3) is 3.62. The van der Waals surface area contributed by atoms with Crippen LogP contribution in [0.5, 0.6) is 0 Å². The Labute approximate surface area is 155 Å². The highest BCUT2D eigenvalue weighted by molar-refractivity contribution is 7.80. The SMILES string of the molecule is NC(=O)C[C@H]1C(=O)N(c2ccc(Cl)cc2)C(=S)N1Cc1cccnc1. The number of hydrogen-bond acceptors (Lipinski definition) is 4. The van der Waals surface area contributed by atoms with Gasteiger partial charge in [-0.15, -0.1) is 0 Å². The summed E-state index contributed by atoms with van der Waals surface area (Å²) in [5.74, 6) is -0.842. The second kappa shape index (κ2) is 7.16. The Hall–Kier alpha value is -2.51. The van der Waals surface area contributed by atoms with Crippen LogP contribution in [0.15, 0.2) is 48.8 Å². The van der Waals surface area contributed by atoms with E-state index in [0.29, 0.717) is 22.4 Å². The summed E-state index contributed by atoms with van der Waals surface area (Å²) in [6.07, 6.45) is 3.25. The lowest BCUT2D eigenvalue weighted by atomic mass is 10.1. The number of rotatable bonds is 5. The molecule has 2 N–H and O–H groups in total. The van der Waals surface area contributed by atoms with Crippen LogP contribution in [0.3, 0.4) is 0 Å². The standard InChI is InChI=1S/C17H15ClN4O2S/c18-12-3-5-13(6-4-12)22-16(24)14(8-15(19)23)21(17(22)25)10-11-2-1-7-20-9-11/h1-7,9,14H,8,10H2,(H2,19,23)/t14-/m0/s1. The fourth-order valence-corrected chi connectivity index (χ4v) is 3.23. The summed E-state index contributed by atoms with van der Waals surface area (Å²) in [7, 11) is 0. The molecule has 25 heavy (non-hydrogen) atoms. The average molecular weight is 375 g/mol. The van der Waals surface area contributed by atoms with Crippen LogP contribution in [0.2, 0.25) is 5.02 Å². The number of benzene rings is 1. The summed E-state index contributed by atoms with van der Waals surface area (Å²) >= 11 is 11.4. The van der Waals surface area contributed by atoms with Gasteiger partial charge in [-0.2, -0.15) is 0 Å². The molecular weight excluding hydrogens is 360 g/mol. The topological polar surface area (TPSA) is 79.5 Å². The van der Waals surface area contributed by atoms with Gasteiger partial charge < -0.3 is 10.6 Å². The molecule has 1 aromatic carbocycles. The molecule has 0 radical (unpaired) electrons. The number of thiocarbonyl (C=S) groups is 1. The van der Waals surface area contributed by atoms with Gasteiger partial charge in [0.25, 0.3) is 5.91 Å². The summed E-state index contributed by atoms with van der Waals surface area (Å²) in [5.41, 5.74) is 6.81. The lowest BCUT2D eigenvalue weighted by Gasteiger charge is -2.23. The molecule has 3 rings (SSSR count). The van der Waals surface area contributed by atoms with Crippen molar-refractivity contribution in [2.75, 3.05) is 4.90 Å². The van der Waals surface area contributed by atoms with Gasteiger partial charge in [0.2, 0.25) is 5.91 Å². The van der Waals surface area contributed by atoms with E-state index in [1.807, 2.05) is 6.07 Å². The van der Waals surface area contributed by atoms with E-state index in [1.165, 1.54) is 4.90 Å². The smallest absolute Gasteiger partial charge is 0.256 e. The minimum Gasteiger partial charge on any atom is -0.370 e. The molecule has 0 spiro atoms. The van der Waals surface area contributed by atoms with E-state index < -0.39 is 11.9 Å². The van der Waals surface area contributed by atoms with Gasteiger partial charge in [-0.25, -0.2) is 0 Å². The van der Waals surface area contributed by atoms with Crippen molar-refractivity contribution in [1.82, 2.24) is 9.88 Å². The van der Waals surface area contributed by atoms with Crippen molar-refractivity contribution in [3.63, 3.8) is 0 Å². The number of primary amides is 1. The minimum atomic E-state index is -0.735. The molecule has 2 amide bonds. The molecule has 1 aliphatic rings. The predicted octanol–water partition coefficient (Wildman–Crippen LogP) is 2.11. The molecule has 128 valence electrons. The Morgan fingerprint density at radius 1 is 1.28 bits per heavy atom. The van der Waals surface area contributed by atoms with Crippen LogP contribution >= 0.6 is 23.8 Å². The number of amides is 2. The third-order valence-corrected chi connectivity index (χ3v) is 4.54. The quantitative estimate of drug-likeness (QED) is 0.811. The van der Waals surface area contributed by atoms with Gasteiger partial charge in [0.15, 0.2) is 5.11 Å². The zero-order chi connectivity index (χ0) is 18.0. The molecule has 1 aromatic heterocycles. The molecule has 0 unspecified atom stereocenters. The lowest BCUT2D eigenvalue weighted by molar-refractivity contribution is -0.125. The van der Waals surface area contributed by atoms with Gasteiger partial charge in [-0.05, 0) is 48.1 Å². The van der Waals surface area contributed by atoms with Gasteiger partial charge in [0, 0.05) is 24.0 Å². The molecule has 1 aliphatic heterocycles. The van der Waals surface area contributed by atoms with Crippen LogP contribution in [-0.2, 0) is 16.1 Å². The molecule has 2 aromatic rings. The molecule has 0 bridgehead atoms. The number of hydrogen-bond donors (Lipinski definition) is 1. The number of nitrogens with zero attached hydrogens (tertiary/aromatic N) is 3. The number of halogens is 1. The first-order valence-electron chi connectivity index (χ1n) is 7.54. The number of carbonyl (C=O) groups excluding carboxylic acids is 2. The molecular formula is C17H15ClN4O2S. The van der Waals surface area contributed by atoms with E-state index in [2.05, 4.69) is 4.98 Å². The molecule has 2 heterocycles. The van der Waals surface area contributed by atoms with E-state index in [9.17, 15) is 9.59 Å². The first-order valence-corrected chi connectivity index (χ1v) is 8.33. The van der Waals surface area contributed by atoms with Crippen LogP contribution in [-0.4, -0.2) is 32.9 Å². The molecule has 1 atom stereocenters. The van der Waals surface area contributed by atoms with Crippen molar-refractivity contribution in [3.05, 3.63) is 59.4 Å². The fourth-order valence-electron chi connectivity index (χ4n) is 2.72. The van der Waals surface area contributed by atoms with E-state index in [0.717, 1.165) is 5.56 Å². The highest BCUT2D eigenvalue weighted by Crippen LogP contribution is 2.29. The van der Waals surface area contributed by atoms with Crippen molar-refractivity contribution in [2.24, 2.45) is 5.73 Å². The average Bonchev–Trinajstić information content (AvgIpc) is 2.81. The van der Waals surface area contributed by atoms with Crippen molar-refractivity contribution in [1.29, 1.82) is 0 Å². The fraction of sp³-hybridized carbons (Fsp3) is 0.176. The predicted molar refractivity (Wildman–Crippen MR) is 98.9 cm³/mol. The largest absolute Gasteiger partial charge is 0.370 e. The highest BCUT2D eigenvalue weighted by atomic mass is 35.5. The lowest BCUT2D eigenvalue weighted by Crippen LogP contribution is -2.37. The molecule has 0 saturated carbocycles. The summed E-state index contributed by atoms with van der Waals surface area (Å²) in [6, 6.07) is 9.73. The highest BCUT2D eigenvalue weighted by Gasteiger charge is 2.43. The monoisotopic (exact) mass is 374 g/mol. The second-order valence-corrected chi connectivity index (χ2v) is 6.41. The van der Waals surface area contributed by atoms with Gasteiger partial charge in [0.05, 0.1) is 12.1 Å². The molecule has 1 fully saturated rings. The Morgan fingerprint density at radius 3 is 2.60 bits per heavy atom. The zero-order valence-corrected chi connectivity index (χ0v) is 14.7. The van der Waals surface area contributed by atoms with Crippen molar-refractivity contribution < 1.29 is 9.59 Å². The van der Waals surface area contributed by atoms with E-state index in [1.54, 1.807) is 47.6 Å². The van der Waals surface area contributed by atoms with Gasteiger partial charge in [0.1, 0.15) is 6.04 Å². The minimum absolute atomic E-state index is 0.108. The Morgan fingerprint density at radius 2 is 2.00 bits per heavy atom. The van der Waals surface area contributed by atoms with E-state index >= 15 is 0 Å². The maximum absolute atomic E-state index is 12.9. The molecule has 1 saturated heterocycles. The van der Waals surface area contributed by atoms with Crippen LogP contribution in [0.4, 0.5) is 5.69 Å². The number of pyridine rings is 1. The Bertz CT molecular complexity index is 813. The molecule has 6 nitrogen and oxygen atoms in total. The maximum Gasteiger partial charge on any atom is 0.256 e. The van der Waals surface area contributed by atoms with Crippen molar-refractivity contribution in [3.8, 4) is 0 Å². The summed E-state index contributed by atoms with van der Waals surface area (Å²) in [5, 5.41) is 0.879. The number of nitrogens with two attached hydrogens (primary N) is 1. The third-order valence-electron chi connectivity index (χ3n) is 3.87. The Kier molecular flexibility index (Phi) is 4.96. The number of aromatic nitrogens is 1. The van der Waals surface area contributed by atoms with Crippen LogP contribution in [0, 0.1) is 0 Å². The first kappa shape index (κ1) is 17.3. The zero-order valence-electron chi connectivity index (χ0n) is 13.1. The summed E-state index contributed by atoms with van der Waals surface area (Å²) < 4.78 is 0. The van der Waals surface area contributed by atoms with Crippen LogP contribution < -0.4 is 10.6 Å². The maximum atomic E-state index is 12.9. The van der Waals surface area contributed by atoms with E-state index in [4.69, 9.17) is 29.6 Å². The van der Waals surface area contributed by atoms with Gasteiger partial charge in [-0.1, -0.05) is 17.7 Å². The van der Waals surface area contributed by atoms with Crippen LogP contribution in [0.25, 0.3) is 0 Å². The Balaban J connectivity index is 1.94. The van der Waals surface area contributed by atoms with Gasteiger partial charge in [-0.3, -0.25) is 19.5 Å². The first-order chi connectivity index (χ1) is 12.0. The normalized spacial score (nSPS) is 17.2. The van der Waals surface area contributed by atoms with Gasteiger partial charge >= 0.3 is 0 Å². The molecule has 0 aliphatic carbocycles. The number of carbonyl (C=O) groups is 2. The second-order valence-electron chi connectivity index (χ2n) is 5.61. The van der Waals surface area contributed by atoms with Crippen molar-refractivity contribution >= 4 is 46.4 Å². The van der Waals surface area contributed by atoms with E-state index in [-0.39, 0.29) is 12.3 Å². The molecule has 8 heteroatoms. The van der Waals surface area contributed by atoms with Crippen LogP contribution in [0.1, 0.15) is 12.0 Å². The van der Waals surface area contributed by atoms with Crippen molar-refractivity contribution in [2.45, 2.75) is 19.0 Å². The summed E-state index contributed by atoms with van der Waals surface area (Å²) in [4.78, 5) is 31.5.